The summed E-state index contributed by atoms with van der Waals surface area (Å²) in [6.07, 6.45) is 4.40. The summed E-state index contributed by atoms with van der Waals surface area (Å²) in [6, 6.07) is 15.6. The Morgan fingerprint density at radius 2 is 2.00 bits per heavy atom. The van der Waals surface area contributed by atoms with Gasteiger partial charge in [0, 0.05) is 41.5 Å². The zero-order valence-electron chi connectivity index (χ0n) is 19.7. The predicted octanol–water partition coefficient (Wildman–Crippen LogP) is 4.92. The number of aromatic nitrogens is 1. The lowest BCUT2D eigenvalue weighted by molar-refractivity contribution is -0.0587. The van der Waals surface area contributed by atoms with Gasteiger partial charge >= 0.3 is 5.97 Å². The Bertz CT molecular complexity index is 1170. The van der Waals surface area contributed by atoms with Crippen LogP contribution in [-0.4, -0.2) is 48.4 Å². The van der Waals surface area contributed by atoms with E-state index in [-0.39, 0.29) is 18.8 Å². The number of aromatic amines is 1. The van der Waals surface area contributed by atoms with E-state index >= 15 is 0 Å². The van der Waals surface area contributed by atoms with Crippen LogP contribution in [0.25, 0.3) is 10.9 Å². The van der Waals surface area contributed by atoms with Crippen molar-refractivity contribution in [2.45, 2.75) is 39.0 Å². The van der Waals surface area contributed by atoms with Crippen LogP contribution in [0, 0.1) is 24.7 Å². The van der Waals surface area contributed by atoms with Crippen LogP contribution in [-0.2, 0) is 16.1 Å². The Morgan fingerprint density at radius 3 is 2.79 bits per heavy atom. The lowest BCUT2D eigenvalue weighted by Crippen LogP contribution is -2.40. The summed E-state index contributed by atoms with van der Waals surface area (Å²) in [5.41, 5.74) is 3.25. The van der Waals surface area contributed by atoms with E-state index in [2.05, 4.69) is 9.88 Å². The van der Waals surface area contributed by atoms with Gasteiger partial charge in [-0.15, -0.1) is 0 Å². The molecule has 0 radical (unpaired) electrons. The molecule has 0 amide bonds. The molecule has 6 heteroatoms. The molecule has 3 aromatic rings. The van der Waals surface area contributed by atoms with Crippen LogP contribution < -0.4 is 4.74 Å². The third-order valence-corrected chi connectivity index (χ3v) is 7.90. The molecule has 0 spiro atoms. The van der Waals surface area contributed by atoms with Crippen LogP contribution in [0.2, 0.25) is 0 Å². The molecule has 3 aliphatic rings. The molecule has 178 valence electrons. The topological polar surface area (TPSA) is 63.8 Å². The first-order valence-corrected chi connectivity index (χ1v) is 12.5. The normalized spacial score (nSPS) is 24.4. The summed E-state index contributed by atoms with van der Waals surface area (Å²) in [5.74, 6) is 2.72. The van der Waals surface area contributed by atoms with Gasteiger partial charge in [-0.1, -0.05) is 49.6 Å². The van der Waals surface area contributed by atoms with Crippen molar-refractivity contribution in [3.63, 3.8) is 0 Å². The number of H-pyrrole nitrogens is 1. The molecule has 1 saturated carbocycles. The maximum Gasteiger partial charge on any atom is 0.340 e. The van der Waals surface area contributed by atoms with Gasteiger partial charge in [-0.25, -0.2) is 4.79 Å². The second-order valence-electron chi connectivity index (χ2n) is 9.99. The lowest BCUT2D eigenvalue weighted by atomic mass is 9.72. The minimum Gasteiger partial charge on any atom is -0.492 e. The standard InChI is InChI=1S/C28H32N2O4/c1-18-25(28(31)34-16-19-6-3-2-4-7-19)23-14-22(10-11-24(23)29-18)32-13-12-30-15-21-17-33-27(30)26(21)20-8-5-9-20/h2-4,6-7,10-11,14,20-21,26-27,29H,5,8-9,12-13,15-17H2,1H3. The zero-order chi connectivity index (χ0) is 23.1. The molecular weight excluding hydrogens is 428 g/mol. The number of esters is 1. The average molecular weight is 461 g/mol. The Balaban J connectivity index is 1.10. The highest BCUT2D eigenvalue weighted by Crippen LogP contribution is 2.48. The maximum absolute atomic E-state index is 12.9. The molecule has 6 rings (SSSR count). The molecule has 3 atom stereocenters. The van der Waals surface area contributed by atoms with Gasteiger partial charge in [0.1, 0.15) is 25.2 Å². The zero-order valence-corrected chi connectivity index (χ0v) is 19.7. The van der Waals surface area contributed by atoms with Crippen molar-refractivity contribution in [3.05, 3.63) is 65.4 Å². The first-order valence-electron chi connectivity index (χ1n) is 12.5. The second-order valence-corrected chi connectivity index (χ2v) is 9.99. The molecule has 3 fully saturated rings. The largest absolute Gasteiger partial charge is 0.492 e. The van der Waals surface area contributed by atoms with Crippen molar-refractivity contribution in [3.8, 4) is 5.75 Å². The smallest absolute Gasteiger partial charge is 0.340 e. The van der Waals surface area contributed by atoms with Gasteiger partial charge in [0.05, 0.1) is 12.2 Å². The van der Waals surface area contributed by atoms with E-state index in [4.69, 9.17) is 14.2 Å². The molecule has 1 aromatic heterocycles. The Kier molecular flexibility index (Phi) is 5.79. The Morgan fingerprint density at radius 1 is 1.15 bits per heavy atom. The van der Waals surface area contributed by atoms with Crippen LogP contribution in [0.1, 0.15) is 40.9 Å². The molecule has 2 aromatic carbocycles. The van der Waals surface area contributed by atoms with Crippen molar-refractivity contribution in [2.24, 2.45) is 17.8 Å². The summed E-state index contributed by atoms with van der Waals surface area (Å²) >= 11 is 0. The van der Waals surface area contributed by atoms with E-state index in [1.54, 1.807) is 0 Å². The van der Waals surface area contributed by atoms with Gasteiger partial charge in [0.2, 0.25) is 0 Å². The third kappa shape index (κ3) is 3.99. The lowest BCUT2D eigenvalue weighted by Gasteiger charge is -2.34. The maximum atomic E-state index is 12.9. The molecule has 2 aliphatic heterocycles. The highest BCUT2D eigenvalue weighted by atomic mass is 16.5. The van der Waals surface area contributed by atoms with Crippen molar-refractivity contribution < 1.29 is 19.0 Å². The number of aryl methyl sites for hydroxylation is 1. The molecule has 1 aliphatic carbocycles. The van der Waals surface area contributed by atoms with E-state index in [1.165, 1.54) is 19.3 Å². The quantitative estimate of drug-likeness (QED) is 0.484. The number of carbonyl (C=O) groups excluding carboxylic acids is 1. The summed E-state index contributed by atoms with van der Waals surface area (Å²) < 4.78 is 17.8. The molecule has 34 heavy (non-hydrogen) atoms. The van der Waals surface area contributed by atoms with E-state index in [1.807, 2.05) is 55.5 Å². The Hall–Kier alpha value is -2.83. The minimum absolute atomic E-state index is 0.254. The molecule has 6 nitrogen and oxygen atoms in total. The number of likely N-dealkylation sites (tertiary alicyclic amines) is 1. The van der Waals surface area contributed by atoms with Crippen LogP contribution in [0.4, 0.5) is 0 Å². The van der Waals surface area contributed by atoms with Gasteiger partial charge in [-0.3, -0.25) is 4.90 Å². The van der Waals surface area contributed by atoms with Crippen LogP contribution >= 0.6 is 0 Å². The van der Waals surface area contributed by atoms with Gasteiger partial charge in [0.15, 0.2) is 0 Å². The fourth-order valence-electron chi connectivity index (χ4n) is 6.00. The molecule has 1 N–H and O–H groups in total. The SMILES string of the molecule is Cc1[nH]c2ccc(OCCN3CC4COC3C4C3CCC3)cc2c1C(=O)OCc1ccccc1. The van der Waals surface area contributed by atoms with Gasteiger partial charge in [0.25, 0.3) is 0 Å². The number of rotatable bonds is 8. The third-order valence-electron chi connectivity index (χ3n) is 7.90. The number of ether oxygens (including phenoxy) is 3. The van der Waals surface area contributed by atoms with Crippen LogP contribution in [0.15, 0.2) is 48.5 Å². The van der Waals surface area contributed by atoms with Gasteiger partial charge in [-0.05, 0) is 36.6 Å². The number of hydrogen-bond acceptors (Lipinski definition) is 5. The molecule has 2 saturated heterocycles. The monoisotopic (exact) mass is 460 g/mol. The van der Waals surface area contributed by atoms with Crippen molar-refractivity contribution in [2.75, 3.05) is 26.3 Å². The average Bonchev–Trinajstić information content (AvgIpc) is 3.47. The second kappa shape index (κ2) is 9.08. The number of fused-ring (bicyclic) bond motifs is 3. The van der Waals surface area contributed by atoms with E-state index < -0.39 is 0 Å². The fourth-order valence-corrected chi connectivity index (χ4v) is 6.00. The van der Waals surface area contributed by atoms with Crippen LogP contribution in [0.5, 0.6) is 5.75 Å². The number of hydrogen-bond donors (Lipinski definition) is 1. The van der Waals surface area contributed by atoms with Gasteiger partial charge in [-0.2, -0.15) is 0 Å². The number of nitrogens with one attached hydrogen (secondary N) is 1. The van der Waals surface area contributed by atoms with Gasteiger partial charge < -0.3 is 19.2 Å². The minimum atomic E-state index is -0.322. The fraction of sp³-hybridized carbons (Fsp3) is 0.464. The van der Waals surface area contributed by atoms with Crippen LogP contribution in [0.3, 0.4) is 0 Å². The summed E-state index contributed by atoms with van der Waals surface area (Å²) in [7, 11) is 0. The first-order chi connectivity index (χ1) is 16.7. The number of carbonyl (C=O) groups is 1. The summed E-state index contributed by atoms with van der Waals surface area (Å²) in [5, 5.41) is 0.835. The van der Waals surface area contributed by atoms with E-state index in [0.29, 0.717) is 18.1 Å². The van der Waals surface area contributed by atoms with E-state index in [9.17, 15) is 4.79 Å². The van der Waals surface area contributed by atoms with Crippen molar-refractivity contribution >= 4 is 16.9 Å². The molecule has 3 heterocycles. The molecular formula is C28H32N2O4. The van der Waals surface area contributed by atoms with Crippen molar-refractivity contribution in [1.82, 2.24) is 9.88 Å². The summed E-state index contributed by atoms with van der Waals surface area (Å²) in [4.78, 5) is 18.7. The van der Waals surface area contributed by atoms with E-state index in [0.717, 1.165) is 59.4 Å². The summed E-state index contributed by atoms with van der Waals surface area (Å²) in [6.45, 7) is 5.68. The molecule has 2 bridgehead atoms. The van der Waals surface area contributed by atoms with Crippen molar-refractivity contribution in [1.29, 1.82) is 0 Å². The number of benzene rings is 2. The highest BCUT2D eigenvalue weighted by molar-refractivity contribution is 6.05. The molecule has 3 unspecified atom stereocenters. The predicted molar refractivity (Wildman–Crippen MR) is 130 cm³/mol. The Labute approximate surface area is 200 Å². The number of nitrogens with zero attached hydrogens (tertiary/aromatic N) is 1. The highest BCUT2D eigenvalue weighted by Gasteiger charge is 2.51. The first kappa shape index (κ1) is 21.7.